The summed E-state index contributed by atoms with van der Waals surface area (Å²) in [5.74, 6) is 0. The third-order valence-electron chi connectivity index (χ3n) is 2.21. The second kappa shape index (κ2) is 6.59. The lowest BCUT2D eigenvalue weighted by Gasteiger charge is -2.16. The van der Waals surface area contributed by atoms with Crippen LogP contribution in [0, 0.1) is 11.3 Å². The van der Waals surface area contributed by atoms with Gasteiger partial charge >= 0.3 is 0 Å². The van der Waals surface area contributed by atoms with Crippen molar-refractivity contribution in [2.45, 2.75) is 12.5 Å². The smallest absolute Gasteiger partial charge is 0.0641 e. The summed E-state index contributed by atoms with van der Waals surface area (Å²) in [6.07, 6.45) is 0.279. The molecule has 0 aromatic heterocycles. The zero-order chi connectivity index (χ0) is 11.4. The average Bonchev–Trinajstić information content (AvgIpc) is 2.17. The Morgan fingerprint density at radius 1 is 1.50 bits per heavy atom. The summed E-state index contributed by atoms with van der Waals surface area (Å²) in [4.78, 5) is 1.96. The molecule has 1 aromatic carbocycles. The second-order valence-corrected chi connectivity index (χ2v) is 3.98. The van der Waals surface area contributed by atoms with Gasteiger partial charge in [-0.15, -0.1) is 12.4 Å². The van der Waals surface area contributed by atoms with Crippen molar-refractivity contribution in [3.8, 4) is 6.07 Å². The van der Waals surface area contributed by atoms with Gasteiger partial charge in [-0.3, -0.25) is 0 Å². The Morgan fingerprint density at radius 3 is 2.56 bits per heavy atom. The summed E-state index contributed by atoms with van der Waals surface area (Å²) in [5.41, 5.74) is 7.66. The van der Waals surface area contributed by atoms with E-state index in [9.17, 15) is 0 Å². The molecule has 0 aliphatic heterocycles. The number of hydrogen-bond acceptors (Lipinski definition) is 3. The zero-order valence-electron chi connectivity index (χ0n) is 9.27. The van der Waals surface area contributed by atoms with E-state index in [1.54, 1.807) is 0 Å². The molecule has 0 unspecified atom stereocenters. The molecule has 0 bridgehead atoms. The van der Waals surface area contributed by atoms with Crippen LogP contribution in [0.5, 0.6) is 0 Å². The van der Waals surface area contributed by atoms with Crippen LogP contribution in [0.4, 0.5) is 5.69 Å². The van der Waals surface area contributed by atoms with Crippen LogP contribution < -0.4 is 10.6 Å². The lowest BCUT2D eigenvalue weighted by atomic mass is 10.0. The first-order valence-electron chi connectivity index (χ1n) is 4.65. The first-order valence-corrected chi connectivity index (χ1v) is 5.03. The lowest BCUT2D eigenvalue weighted by molar-refractivity contribution is 0.749. The van der Waals surface area contributed by atoms with Crippen LogP contribution in [-0.2, 0) is 0 Å². The van der Waals surface area contributed by atoms with E-state index in [1.807, 2.05) is 43.3 Å². The number of nitrogens with two attached hydrogens (primary N) is 1. The summed E-state index contributed by atoms with van der Waals surface area (Å²) in [5, 5.41) is 9.17. The largest absolute Gasteiger partial charge is 0.378 e. The van der Waals surface area contributed by atoms with Crippen molar-refractivity contribution in [3.05, 3.63) is 28.8 Å². The van der Waals surface area contributed by atoms with E-state index in [2.05, 4.69) is 0 Å². The number of rotatable bonds is 3. The standard InChI is InChI=1S/C11H14ClN3.ClH/c1-15(2)8-3-4-9(10(12)7-8)11(14)5-6-13;/h3-4,7,11H,5,14H2,1-2H3;1H/t11-;/m1./s1. The Kier molecular flexibility index (Phi) is 6.20. The molecule has 1 rings (SSSR count). The molecule has 0 fully saturated rings. The maximum Gasteiger partial charge on any atom is 0.0641 e. The number of nitrogens with zero attached hydrogens (tertiary/aromatic N) is 2. The van der Waals surface area contributed by atoms with Crippen LogP contribution in [0.25, 0.3) is 0 Å². The second-order valence-electron chi connectivity index (χ2n) is 3.57. The first-order chi connectivity index (χ1) is 7.06. The minimum atomic E-state index is -0.307. The first kappa shape index (κ1) is 15.0. The molecule has 1 aromatic rings. The van der Waals surface area contributed by atoms with E-state index >= 15 is 0 Å². The highest BCUT2D eigenvalue weighted by Gasteiger charge is 2.10. The Labute approximate surface area is 107 Å². The fraction of sp³-hybridized carbons (Fsp3) is 0.364. The van der Waals surface area contributed by atoms with Crippen molar-refractivity contribution in [2.24, 2.45) is 5.73 Å². The molecule has 5 heteroatoms. The van der Waals surface area contributed by atoms with Crippen molar-refractivity contribution in [2.75, 3.05) is 19.0 Å². The van der Waals surface area contributed by atoms with Gasteiger partial charge in [0.15, 0.2) is 0 Å². The monoisotopic (exact) mass is 259 g/mol. The molecule has 0 spiro atoms. The van der Waals surface area contributed by atoms with Gasteiger partial charge in [-0.1, -0.05) is 17.7 Å². The molecule has 0 aliphatic carbocycles. The number of benzene rings is 1. The van der Waals surface area contributed by atoms with Gasteiger partial charge < -0.3 is 10.6 Å². The van der Waals surface area contributed by atoms with E-state index in [4.69, 9.17) is 22.6 Å². The predicted molar refractivity (Wildman–Crippen MR) is 70.2 cm³/mol. The molecule has 3 nitrogen and oxygen atoms in total. The third-order valence-corrected chi connectivity index (χ3v) is 2.54. The van der Waals surface area contributed by atoms with Crippen molar-refractivity contribution in [1.82, 2.24) is 0 Å². The fourth-order valence-corrected chi connectivity index (χ4v) is 1.62. The van der Waals surface area contributed by atoms with Crippen molar-refractivity contribution in [3.63, 3.8) is 0 Å². The molecule has 2 N–H and O–H groups in total. The number of hydrogen-bond donors (Lipinski definition) is 1. The Balaban J connectivity index is 0.00000225. The molecular weight excluding hydrogens is 245 g/mol. The van der Waals surface area contributed by atoms with Crippen molar-refractivity contribution in [1.29, 1.82) is 5.26 Å². The number of anilines is 1. The normalized spacial score (nSPS) is 11.2. The van der Waals surface area contributed by atoms with Gasteiger partial charge in [-0.25, -0.2) is 0 Å². The van der Waals surface area contributed by atoms with E-state index in [0.29, 0.717) is 5.02 Å². The highest BCUT2D eigenvalue weighted by molar-refractivity contribution is 6.31. The topological polar surface area (TPSA) is 53.0 Å². The van der Waals surface area contributed by atoms with Crippen LogP contribution in [-0.4, -0.2) is 14.1 Å². The van der Waals surface area contributed by atoms with Gasteiger partial charge in [0.1, 0.15) is 0 Å². The third kappa shape index (κ3) is 3.57. The van der Waals surface area contributed by atoms with Gasteiger partial charge in [0, 0.05) is 30.8 Å². The molecule has 0 saturated carbocycles. The van der Waals surface area contributed by atoms with Crippen LogP contribution in [0.3, 0.4) is 0 Å². The summed E-state index contributed by atoms with van der Waals surface area (Å²) < 4.78 is 0. The molecule has 0 amide bonds. The molecule has 0 saturated heterocycles. The fourth-order valence-electron chi connectivity index (χ4n) is 1.30. The van der Waals surface area contributed by atoms with Gasteiger partial charge in [0.25, 0.3) is 0 Å². The Bertz CT molecular complexity index is 385. The van der Waals surface area contributed by atoms with Gasteiger partial charge in [0.2, 0.25) is 0 Å². The molecule has 16 heavy (non-hydrogen) atoms. The predicted octanol–water partition coefficient (Wildman–Crippen LogP) is 2.74. The summed E-state index contributed by atoms with van der Waals surface area (Å²) in [7, 11) is 3.89. The minimum absolute atomic E-state index is 0. The van der Waals surface area contributed by atoms with Crippen LogP contribution in [0.2, 0.25) is 5.02 Å². The Morgan fingerprint density at radius 2 is 2.12 bits per heavy atom. The highest BCUT2D eigenvalue weighted by atomic mass is 35.5. The quantitative estimate of drug-likeness (QED) is 0.909. The summed E-state index contributed by atoms with van der Waals surface area (Å²) >= 11 is 6.09. The summed E-state index contributed by atoms with van der Waals surface area (Å²) in [6.45, 7) is 0. The number of nitriles is 1. The molecule has 0 radical (unpaired) electrons. The molecular formula is C11H15Cl2N3. The van der Waals surface area contributed by atoms with Crippen molar-refractivity contribution < 1.29 is 0 Å². The van der Waals surface area contributed by atoms with Gasteiger partial charge in [-0.05, 0) is 17.7 Å². The molecule has 1 atom stereocenters. The van der Waals surface area contributed by atoms with E-state index in [1.165, 1.54) is 0 Å². The Hall–Kier alpha value is -0.950. The molecule has 88 valence electrons. The van der Waals surface area contributed by atoms with E-state index < -0.39 is 0 Å². The molecule has 0 aliphatic rings. The molecule has 0 heterocycles. The van der Waals surface area contributed by atoms with Gasteiger partial charge in [-0.2, -0.15) is 5.26 Å². The number of halogens is 2. The van der Waals surface area contributed by atoms with E-state index in [0.717, 1.165) is 11.3 Å². The van der Waals surface area contributed by atoms with E-state index in [-0.39, 0.29) is 24.9 Å². The summed E-state index contributed by atoms with van der Waals surface area (Å²) in [6, 6.07) is 7.40. The van der Waals surface area contributed by atoms with Crippen LogP contribution in [0.1, 0.15) is 18.0 Å². The maximum absolute atomic E-state index is 8.55. The van der Waals surface area contributed by atoms with Crippen molar-refractivity contribution >= 4 is 29.7 Å². The lowest BCUT2D eigenvalue weighted by Crippen LogP contribution is -2.12. The SMILES string of the molecule is CN(C)c1ccc([C@H](N)CC#N)c(Cl)c1.Cl. The minimum Gasteiger partial charge on any atom is -0.378 e. The van der Waals surface area contributed by atoms with Gasteiger partial charge in [0.05, 0.1) is 12.5 Å². The average molecular weight is 260 g/mol. The van der Waals surface area contributed by atoms with Crippen LogP contribution >= 0.6 is 24.0 Å². The van der Waals surface area contributed by atoms with Crippen LogP contribution in [0.15, 0.2) is 18.2 Å². The highest BCUT2D eigenvalue weighted by Crippen LogP contribution is 2.27. The zero-order valence-corrected chi connectivity index (χ0v) is 10.8. The maximum atomic E-state index is 8.55.